The summed E-state index contributed by atoms with van der Waals surface area (Å²) >= 11 is 0. The van der Waals surface area contributed by atoms with Gasteiger partial charge in [-0.2, -0.15) is 5.26 Å². The van der Waals surface area contributed by atoms with Gasteiger partial charge in [-0.1, -0.05) is 6.07 Å². The second-order valence-corrected chi connectivity index (χ2v) is 4.48. The van der Waals surface area contributed by atoms with Gasteiger partial charge in [0.15, 0.2) is 5.78 Å². The fraction of sp³-hybridized carbons (Fsp3) is 0.467. The van der Waals surface area contributed by atoms with Crippen molar-refractivity contribution >= 4 is 11.5 Å². The van der Waals surface area contributed by atoms with Crippen molar-refractivity contribution in [3.05, 3.63) is 23.8 Å². The molecule has 1 aromatic rings. The van der Waals surface area contributed by atoms with Crippen molar-refractivity contribution in [3.63, 3.8) is 0 Å². The second-order valence-electron chi connectivity index (χ2n) is 4.48. The molecular weight excluding hydrogens is 240 g/mol. The predicted molar refractivity (Wildman–Crippen MR) is 75.7 cm³/mol. The van der Waals surface area contributed by atoms with Gasteiger partial charge in [0.1, 0.15) is 5.75 Å². The molecule has 1 atom stereocenters. The van der Waals surface area contributed by atoms with E-state index < -0.39 is 0 Å². The molecule has 0 heterocycles. The normalized spacial score (nSPS) is 11.5. The summed E-state index contributed by atoms with van der Waals surface area (Å²) in [6.07, 6.45) is 0. The van der Waals surface area contributed by atoms with Crippen LogP contribution in [0.25, 0.3) is 0 Å². The highest BCUT2D eigenvalue weighted by atomic mass is 16.5. The lowest BCUT2D eigenvalue weighted by molar-refractivity contribution is 0.101. The molecule has 0 bridgehead atoms. The molecule has 1 rings (SSSR count). The van der Waals surface area contributed by atoms with Gasteiger partial charge in [0.2, 0.25) is 0 Å². The summed E-state index contributed by atoms with van der Waals surface area (Å²) in [4.78, 5) is 13.9. The Kier molecular flexibility index (Phi) is 5.37. The van der Waals surface area contributed by atoms with Crippen LogP contribution in [-0.4, -0.2) is 26.0 Å². The van der Waals surface area contributed by atoms with Crippen LogP contribution >= 0.6 is 0 Å². The minimum atomic E-state index is -0.0917. The van der Waals surface area contributed by atoms with Crippen molar-refractivity contribution in [1.29, 1.82) is 5.26 Å². The van der Waals surface area contributed by atoms with Crippen molar-refractivity contribution in [2.24, 2.45) is 5.92 Å². The number of methoxy groups -OCH3 is 1. The number of anilines is 1. The van der Waals surface area contributed by atoms with E-state index in [0.29, 0.717) is 17.9 Å². The van der Waals surface area contributed by atoms with E-state index in [1.54, 1.807) is 13.2 Å². The van der Waals surface area contributed by atoms with Crippen LogP contribution in [0.3, 0.4) is 0 Å². The van der Waals surface area contributed by atoms with Crippen molar-refractivity contribution < 1.29 is 9.53 Å². The standard InChI is InChI=1S/C15H20N2O2/c1-5-17(10-11(2)9-16)13-7-6-8-14(19-4)15(13)12(3)18/h6-8,11H,5,10H2,1-4H3. The Labute approximate surface area is 114 Å². The molecule has 0 saturated carbocycles. The van der Waals surface area contributed by atoms with E-state index in [2.05, 4.69) is 6.07 Å². The molecule has 0 N–H and O–H groups in total. The molecule has 0 fully saturated rings. The van der Waals surface area contributed by atoms with E-state index in [9.17, 15) is 4.79 Å². The SMILES string of the molecule is CCN(CC(C)C#N)c1cccc(OC)c1C(C)=O. The summed E-state index contributed by atoms with van der Waals surface area (Å²) in [6.45, 7) is 6.74. The van der Waals surface area contributed by atoms with E-state index in [4.69, 9.17) is 10.00 Å². The molecule has 102 valence electrons. The van der Waals surface area contributed by atoms with Gasteiger partial charge in [0, 0.05) is 13.1 Å². The first kappa shape index (κ1) is 15.0. The number of carbonyl (C=O) groups is 1. The van der Waals surface area contributed by atoms with E-state index >= 15 is 0 Å². The third-order valence-corrected chi connectivity index (χ3v) is 3.01. The highest BCUT2D eigenvalue weighted by Crippen LogP contribution is 2.30. The number of ketones is 1. The summed E-state index contributed by atoms with van der Waals surface area (Å²) in [5.41, 5.74) is 1.41. The number of ether oxygens (including phenoxy) is 1. The Morgan fingerprint density at radius 1 is 1.53 bits per heavy atom. The first-order chi connectivity index (χ1) is 9.04. The number of benzene rings is 1. The molecule has 0 amide bonds. The lowest BCUT2D eigenvalue weighted by Gasteiger charge is -2.26. The summed E-state index contributed by atoms with van der Waals surface area (Å²) in [7, 11) is 1.56. The van der Waals surface area contributed by atoms with E-state index in [1.807, 2.05) is 30.9 Å². The summed E-state index contributed by atoms with van der Waals surface area (Å²) in [6, 6.07) is 7.76. The van der Waals surface area contributed by atoms with Crippen LogP contribution in [0.1, 0.15) is 31.1 Å². The molecule has 0 aliphatic rings. The highest BCUT2D eigenvalue weighted by molar-refractivity contribution is 6.02. The van der Waals surface area contributed by atoms with Gasteiger partial charge in [0.05, 0.1) is 30.3 Å². The van der Waals surface area contributed by atoms with Gasteiger partial charge >= 0.3 is 0 Å². The van der Waals surface area contributed by atoms with Crippen LogP contribution in [0.2, 0.25) is 0 Å². The number of hydrogen-bond acceptors (Lipinski definition) is 4. The molecule has 0 aliphatic heterocycles. The number of nitriles is 1. The Bertz CT molecular complexity index is 491. The average Bonchev–Trinajstić information content (AvgIpc) is 2.43. The molecule has 1 aromatic carbocycles. The van der Waals surface area contributed by atoms with E-state index in [0.717, 1.165) is 12.2 Å². The van der Waals surface area contributed by atoms with Crippen molar-refractivity contribution in [2.45, 2.75) is 20.8 Å². The van der Waals surface area contributed by atoms with Crippen molar-refractivity contribution in [3.8, 4) is 11.8 Å². The molecule has 19 heavy (non-hydrogen) atoms. The fourth-order valence-electron chi connectivity index (χ4n) is 2.08. The Morgan fingerprint density at radius 3 is 2.68 bits per heavy atom. The monoisotopic (exact) mass is 260 g/mol. The van der Waals surface area contributed by atoms with Gasteiger partial charge in [-0.05, 0) is 32.9 Å². The molecule has 1 unspecified atom stereocenters. The highest BCUT2D eigenvalue weighted by Gasteiger charge is 2.18. The number of rotatable bonds is 6. The molecule has 0 spiro atoms. The van der Waals surface area contributed by atoms with Crippen LogP contribution in [0.15, 0.2) is 18.2 Å². The Morgan fingerprint density at radius 2 is 2.21 bits per heavy atom. The number of hydrogen-bond donors (Lipinski definition) is 0. The minimum Gasteiger partial charge on any atom is -0.496 e. The van der Waals surface area contributed by atoms with Crippen LogP contribution in [0, 0.1) is 17.2 Å². The van der Waals surface area contributed by atoms with Crippen molar-refractivity contribution in [1.82, 2.24) is 0 Å². The molecule has 0 saturated heterocycles. The largest absolute Gasteiger partial charge is 0.496 e. The van der Waals surface area contributed by atoms with Gasteiger partial charge in [-0.15, -0.1) is 0 Å². The van der Waals surface area contributed by atoms with E-state index in [1.165, 1.54) is 6.92 Å². The Balaban J connectivity index is 3.24. The number of nitrogens with zero attached hydrogens (tertiary/aromatic N) is 2. The number of Topliss-reactive ketones (excluding diaryl/α,β-unsaturated/α-hetero) is 1. The van der Waals surface area contributed by atoms with Crippen molar-refractivity contribution in [2.75, 3.05) is 25.1 Å². The maximum Gasteiger partial charge on any atom is 0.165 e. The van der Waals surface area contributed by atoms with Crippen LogP contribution in [-0.2, 0) is 0 Å². The van der Waals surface area contributed by atoms with Gasteiger partial charge in [-0.3, -0.25) is 4.79 Å². The topological polar surface area (TPSA) is 53.3 Å². The molecule has 0 radical (unpaired) electrons. The summed E-state index contributed by atoms with van der Waals surface area (Å²) < 4.78 is 5.26. The lowest BCUT2D eigenvalue weighted by Crippen LogP contribution is -2.29. The fourth-order valence-corrected chi connectivity index (χ4v) is 2.08. The second kappa shape index (κ2) is 6.79. The lowest BCUT2D eigenvalue weighted by atomic mass is 10.1. The van der Waals surface area contributed by atoms with Gasteiger partial charge in [-0.25, -0.2) is 0 Å². The van der Waals surface area contributed by atoms with E-state index in [-0.39, 0.29) is 11.7 Å². The first-order valence-corrected chi connectivity index (χ1v) is 6.37. The minimum absolute atomic E-state index is 0.0319. The maximum absolute atomic E-state index is 11.8. The zero-order chi connectivity index (χ0) is 14.4. The number of carbonyl (C=O) groups excluding carboxylic acids is 1. The zero-order valence-electron chi connectivity index (χ0n) is 11.9. The van der Waals surface area contributed by atoms with Crippen LogP contribution in [0.4, 0.5) is 5.69 Å². The molecular formula is C15H20N2O2. The Hall–Kier alpha value is -2.02. The van der Waals surface area contributed by atoms with Crippen LogP contribution < -0.4 is 9.64 Å². The molecule has 0 aromatic heterocycles. The van der Waals surface area contributed by atoms with Gasteiger partial charge in [0.25, 0.3) is 0 Å². The van der Waals surface area contributed by atoms with Gasteiger partial charge < -0.3 is 9.64 Å². The summed E-state index contributed by atoms with van der Waals surface area (Å²) in [5, 5.41) is 8.94. The molecule has 4 nitrogen and oxygen atoms in total. The average molecular weight is 260 g/mol. The molecule has 0 aliphatic carbocycles. The first-order valence-electron chi connectivity index (χ1n) is 6.37. The quantitative estimate of drug-likeness (QED) is 0.738. The summed E-state index contributed by atoms with van der Waals surface area (Å²) in [5.74, 6) is 0.453. The van der Waals surface area contributed by atoms with Crippen LogP contribution in [0.5, 0.6) is 5.75 Å². The zero-order valence-corrected chi connectivity index (χ0v) is 11.9. The third kappa shape index (κ3) is 3.47. The maximum atomic E-state index is 11.8. The smallest absolute Gasteiger partial charge is 0.165 e. The third-order valence-electron chi connectivity index (χ3n) is 3.01. The molecule has 4 heteroatoms. The predicted octanol–water partition coefficient (Wildman–Crippen LogP) is 2.88.